The second-order valence-electron chi connectivity index (χ2n) is 2.26. The lowest BCUT2D eigenvalue weighted by atomic mass is 10.2. The summed E-state index contributed by atoms with van der Waals surface area (Å²) in [6.45, 7) is 2.66. The first-order valence-corrected chi connectivity index (χ1v) is 3.47. The van der Waals surface area contributed by atoms with E-state index in [0.29, 0.717) is 6.54 Å². The Labute approximate surface area is 61.9 Å². The van der Waals surface area contributed by atoms with Crippen LogP contribution in [0.1, 0.15) is 13.3 Å². The lowest BCUT2D eigenvalue weighted by molar-refractivity contribution is 0.200. The number of hydrogen-bond acceptors (Lipinski definition) is 3. The van der Waals surface area contributed by atoms with E-state index in [0.717, 1.165) is 6.42 Å². The number of hydrogen-bond donors (Lipinski definition) is 1. The zero-order chi connectivity index (χ0) is 7.98. The van der Waals surface area contributed by atoms with Crippen molar-refractivity contribution in [2.24, 2.45) is 0 Å². The largest absolute Gasteiger partial charge is 0.395 e. The fourth-order valence-corrected chi connectivity index (χ4v) is 0.815. The summed E-state index contributed by atoms with van der Waals surface area (Å²) in [4.78, 5) is 1.85. The molecule has 3 nitrogen and oxygen atoms in total. The maximum absolute atomic E-state index is 8.55. The number of aliphatic hydroxyl groups is 1. The third-order valence-corrected chi connectivity index (χ3v) is 1.52. The van der Waals surface area contributed by atoms with Crippen LogP contribution in [0.3, 0.4) is 0 Å². The number of nitriles is 1. The van der Waals surface area contributed by atoms with Gasteiger partial charge in [0.1, 0.15) is 0 Å². The molecule has 0 amide bonds. The number of likely N-dealkylation sites (N-methyl/N-ethyl adjacent to an activating group) is 1. The number of rotatable bonds is 4. The molecule has 58 valence electrons. The van der Waals surface area contributed by atoms with Crippen LogP contribution in [0, 0.1) is 11.3 Å². The van der Waals surface area contributed by atoms with Gasteiger partial charge in [0.15, 0.2) is 0 Å². The minimum Gasteiger partial charge on any atom is -0.395 e. The van der Waals surface area contributed by atoms with Gasteiger partial charge in [-0.1, -0.05) is 6.92 Å². The van der Waals surface area contributed by atoms with E-state index in [-0.39, 0.29) is 12.6 Å². The predicted octanol–water partition coefficient (Wildman–Crippen LogP) is 0.213. The van der Waals surface area contributed by atoms with Crippen molar-refractivity contribution in [2.45, 2.75) is 19.4 Å². The van der Waals surface area contributed by atoms with E-state index >= 15 is 0 Å². The van der Waals surface area contributed by atoms with Crippen molar-refractivity contribution in [3.05, 3.63) is 0 Å². The first kappa shape index (κ1) is 9.41. The van der Waals surface area contributed by atoms with Crippen LogP contribution < -0.4 is 0 Å². The third kappa shape index (κ3) is 2.81. The van der Waals surface area contributed by atoms with E-state index in [1.54, 1.807) is 0 Å². The Balaban J connectivity index is 3.67. The number of nitrogens with zero attached hydrogens (tertiary/aromatic N) is 2. The van der Waals surface area contributed by atoms with Gasteiger partial charge in [-0.3, -0.25) is 4.90 Å². The van der Waals surface area contributed by atoms with Gasteiger partial charge in [0.2, 0.25) is 0 Å². The molecule has 0 aromatic rings. The van der Waals surface area contributed by atoms with E-state index in [9.17, 15) is 0 Å². The molecule has 3 heteroatoms. The van der Waals surface area contributed by atoms with Crippen molar-refractivity contribution in [3.63, 3.8) is 0 Å². The van der Waals surface area contributed by atoms with Gasteiger partial charge in [0.05, 0.1) is 18.7 Å². The van der Waals surface area contributed by atoms with Gasteiger partial charge < -0.3 is 5.11 Å². The Hall–Kier alpha value is -0.590. The van der Waals surface area contributed by atoms with Crippen molar-refractivity contribution in [1.82, 2.24) is 4.90 Å². The van der Waals surface area contributed by atoms with Gasteiger partial charge in [-0.2, -0.15) is 5.26 Å². The topological polar surface area (TPSA) is 47.3 Å². The molecular formula is C7H14N2O. The molecule has 10 heavy (non-hydrogen) atoms. The van der Waals surface area contributed by atoms with Crippen molar-refractivity contribution < 1.29 is 5.11 Å². The van der Waals surface area contributed by atoms with Crippen molar-refractivity contribution in [3.8, 4) is 6.07 Å². The van der Waals surface area contributed by atoms with E-state index in [1.807, 2.05) is 18.9 Å². The third-order valence-electron chi connectivity index (χ3n) is 1.52. The first-order chi connectivity index (χ1) is 4.76. The molecule has 0 aliphatic carbocycles. The van der Waals surface area contributed by atoms with E-state index in [4.69, 9.17) is 10.4 Å². The van der Waals surface area contributed by atoms with Crippen LogP contribution >= 0.6 is 0 Å². The van der Waals surface area contributed by atoms with Crippen LogP contribution in [0.4, 0.5) is 0 Å². The van der Waals surface area contributed by atoms with Crippen molar-refractivity contribution >= 4 is 0 Å². The highest BCUT2D eigenvalue weighted by Crippen LogP contribution is 1.97. The van der Waals surface area contributed by atoms with E-state index in [1.165, 1.54) is 0 Å². The zero-order valence-electron chi connectivity index (χ0n) is 6.54. The molecule has 0 bridgehead atoms. The summed E-state index contributed by atoms with van der Waals surface area (Å²) < 4.78 is 0. The molecule has 0 saturated carbocycles. The molecule has 0 saturated heterocycles. The molecule has 0 aliphatic heterocycles. The monoisotopic (exact) mass is 142 g/mol. The highest BCUT2D eigenvalue weighted by atomic mass is 16.3. The van der Waals surface area contributed by atoms with Crippen molar-refractivity contribution in [1.29, 1.82) is 5.26 Å². The summed E-state index contributed by atoms with van der Waals surface area (Å²) in [6, 6.07) is 2.10. The summed E-state index contributed by atoms with van der Waals surface area (Å²) >= 11 is 0. The van der Waals surface area contributed by atoms with E-state index < -0.39 is 0 Å². The van der Waals surface area contributed by atoms with Gasteiger partial charge in [-0.05, 0) is 13.5 Å². The van der Waals surface area contributed by atoms with Crippen LogP contribution in [0.5, 0.6) is 0 Å². The van der Waals surface area contributed by atoms with Crippen LogP contribution in [-0.4, -0.2) is 36.2 Å². The zero-order valence-corrected chi connectivity index (χ0v) is 6.54. The Bertz CT molecular complexity index is 119. The van der Waals surface area contributed by atoms with Crippen LogP contribution in [0.2, 0.25) is 0 Å². The SMILES string of the molecule is CCC(C#N)N(C)CCO. The summed E-state index contributed by atoms with van der Waals surface area (Å²) in [7, 11) is 1.84. The summed E-state index contributed by atoms with van der Waals surface area (Å²) in [5.41, 5.74) is 0. The molecule has 0 heterocycles. The van der Waals surface area contributed by atoms with Crippen LogP contribution in [-0.2, 0) is 0 Å². The molecule has 0 spiro atoms. The Morgan fingerprint density at radius 2 is 2.30 bits per heavy atom. The smallest absolute Gasteiger partial charge is 0.0973 e. The molecule has 0 aromatic heterocycles. The molecule has 0 radical (unpaired) electrons. The fourth-order valence-electron chi connectivity index (χ4n) is 0.815. The summed E-state index contributed by atoms with van der Waals surface area (Å²) in [5, 5.41) is 17.1. The predicted molar refractivity (Wildman–Crippen MR) is 39.4 cm³/mol. The Kier molecular flexibility index (Phi) is 4.91. The molecule has 0 rings (SSSR count). The average molecular weight is 142 g/mol. The van der Waals surface area contributed by atoms with Gasteiger partial charge in [0, 0.05) is 6.54 Å². The highest BCUT2D eigenvalue weighted by molar-refractivity contribution is 4.88. The fraction of sp³-hybridized carbons (Fsp3) is 0.857. The van der Waals surface area contributed by atoms with Gasteiger partial charge >= 0.3 is 0 Å². The summed E-state index contributed by atoms with van der Waals surface area (Å²) in [5.74, 6) is 0. The minimum atomic E-state index is -0.0489. The molecular weight excluding hydrogens is 128 g/mol. The lowest BCUT2D eigenvalue weighted by Crippen LogP contribution is -2.32. The average Bonchev–Trinajstić information content (AvgIpc) is 1.91. The molecule has 1 N–H and O–H groups in total. The lowest BCUT2D eigenvalue weighted by Gasteiger charge is -2.19. The Morgan fingerprint density at radius 1 is 1.70 bits per heavy atom. The first-order valence-electron chi connectivity index (χ1n) is 3.47. The van der Waals surface area contributed by atoms with Gasteiger partial charge in [0.25, 0.3) is 0 Å². The number of aliphatic hydroxyl groups excluding tert-OH is 1. The maximum atomic E-state index is 8.55. The minimum absolute atomic E-state index is 0.0489. The van der Waals surface area contributed by atoms with Gasteiger partial charge in [-0.25, -0.2) is 0 Å². The standard InChI is InChI=1S/C7H14N2O/c1-3-7(6-8)9(2)4-5-10/h7,10H,3-5H2,1-2H3. The van der Waals surface area contributed by atoms with Crippen LogP contribution in [0.25, 0.3) is 0 Å². The second-order valence-corrected chi connectivity index (χ2v) is 2.26. The van der Waals surface area contributed by atoms with Crippen molar-refractivity contribution in [2.75, 3.05) is 20.2 Å². The highest BCUT2D eigenvalue weighted by Gasteiger charge is 2.09. The normalized spacial score (nSPS) is 13.1. The Morgan fingerprint density at radius 3 is 2.60 bits per heavy atom. The quantitative estimate of drug-likeness (QED) is 0.610. The molecule has 0 aliphatic rings. The second kappa shape index (κ2) is 5.21. The molecule has 1 atom stereocenters. The van der Waals surface area contributed by atoms with Gasteiger partial charge in [-0.15, -0.1) is 0 Å². The molecule has 0 fully saturated rings. The van der Waals surface area contributed by atoms with E-state index in [2.05, 4.69) is 6.07 Å². The maximum Gasteiger partial charge on any atom is 0.0973 e. The molecule has 0 aromatic carbocycles. The summed E-state index contributed by atoms with van der Waals surface area (Å²) in [6.07, 6.45) is 0.812. The van der Waals surface area contributed by atoms with Crippen LogP contribution in [0.15, 0.2) is 0 Å². The molecule has 1 unspecified atom stereocenters.